The van der Waals surface area contributed by atoms with Gasteiger partial charge in [-0.15, -0.1) is 0 Å². The summed E-state index contributed by atoms with van der Waals surface area (Å²) in [5.74, 6) is 0.361. The summed E-state index contributed by atoms with van der Waals surface area (Å²) < 4.78 is 6.28. The Kier molecular flexibility index (Phi) is 4.86. The molecule has 0 atom stereocenters. The Labute approximate surface area is 149 Å². The normalized spacial score (nSPS) is 10.6. The van der Waals surface area contributed by atoms with Crippen molar-refractivity contribution >= 4 is 38.3 Å². The Morgan fingerprint density at radius 3 is 2.58 bits per heavy atom. The maximum absolute atomic E-state index is 12.8. The van der Waals surface area contributed by atoms with E-state index in [0.717, 1.165) is 32.9 Å². The summed E-state index contributed by atoms with van der Waals surface area (Å²) in [7, 11) is 1.58. The topological polar surface area (TPSA) is 38.3 Å². The summed E-state index contributed by atoms with van der Waals surface area (Å²) in [6, 6.07) is 17.6. The molecule has 122 valence electrons. The lowest BCUT2D eigenvalue weighted by Gasteiger charge is -2.15. The second-order valence-corrected chi connectivity index (χ2v) is 6.25. The van der Waals surface area contributed by atoms with Crippen LogP contribution in [0.4, 0.5) is 5.69 Å². The lowest BCUT2D eigenvalue weighted by molar-refractivity contribution is 0.102. The van der Waals surface area contributed by atoms with Gasteiger partial charge in [0.2, 0.25) is 0 Å². The van der Waals surface area contributed by atoms with Gasteiger partial charge in [0.15, 0.2) is 0 Å². The summed E-state index contributed by atoms with van der Waals surface area (Å²) in [5.41, 5.74) is 2.44. The minimum atomic E-state index is -0.181. The van der Waals surface area contributed by atoms with Crippen molar-refractivity contribution in [1.29, 1.82) is 0 Å². The molecule has 0 saturated heterocycles. The average molecular weight is 384 g/mol. The number of anilines is 1. The van der Waals surface area contributed by atoms with Gasteiger partial charge in [0, 0.05) is 5.69 Å². The largest absolute Gasteiger partial charge is 0.495 e. The molecule has 3 aromatic carbocycles. The van der Waals surface area contributed by atoms with Crippen molar-refractivity contribution < 1.29 is 9.53 Å². The van der Waals surface area contributed by atoms with Crippen molar-refractivity contribution in [2.24, 2.45) is 0 Å². The van der Waals surface area contributed by atoms with Crippen molar-refractivity contribution in [3.05, 3.63) is 70.2 Å². The molecule has 24 heavy (non-hydrogen) atoms. The van der Waals surface area contributed by atoms with E-state index in [4.69, 9.17) is 4.74 Å². The van der Waals surface area contributed by atoms with Gasteiger partial charge in [0.25, 0.3) is 5.91 Å². The Bertz CT molecular complexity index is 905. The molecule has 3 aromatic rings. The molecule has 0 aliphatic carbocycles. The molecular formula is C20H18BrNO2. The highest BCUT2D eigenvalue weighted by atomic mass is 79.9. The summed E-state index contributed by atoms with van der Waals surface area (Å²) in [6.07, 6.45) is 0.856. The number of ether oxygens (including phenoxy) is 1. The van der Waals surface area contributed by atoms with Crippen LogP contribution in [-0.4, -0.2) is 13.0 Å². The molecule has 1 N–H and O–H groups in total. The Morgan fingerprint density at radius 2 is 1.83 bits per heavy atom. The van der Waals surface area contributed by atoms with Gasteiger partial charge < -0.3 is 10.1 Å². The van der Waals surface area contributed by atoms with E-state index in [1.165, 1.54) is 0 Å². The number of fused-ring (bicyclic) bond motifs is 1. The van der Waals surface area contributed by atoms with Crippen LogP contribution < -0.4 is 10.1 Å². The summed E-state index contributed by atoms with van der Waals surface area (Å²) in [6.45, 7) is 2.07. The van der Waals surface area contributed by atoms with Crippen LogP contribution in [0.1, 0.15) is 22.8 Å². The van der Waals surface area contributed by atoms with E-state index in [0.29, 0.717) is 11.3 Å². The highest BCUT2D eigenvalue weighted by Crippen LogP contribution is 2.37. The fraction of sp³-hybridized carbons (Fsp3) is 0.150. The second-order valence-electron chi connectivity index (χ2n) is 5.46. The zero-order valence-electron chi connectivity index (χ0n) is 13.6. The molecule has 0 fully saturated rings. The van der Waals surface area contributed by atoms with Gasteiger partial charge in [0.05, 0.1) is 17.1 Å². The highest BCUT2D eigenvalue weighted by Gasteiger charge is 2.18. The van der Waals surface area contributed by atoms with Crippen molar-refractivity contribution in [3.63, 3.8) is 0 Å². The molecule has 0 unspecified atom stereocenters. The predicted molar refractivity (Wildman–Crippen MR) is 102 cm³/mol. The molecule has 0 radical (unpaired) electrons. The van der Waals surface area contributed by atoms with Gasteiger partial charge in [-0.05, 0) is 50.8 Å². The van der Waals surface area contributed by atoms with Gasteiger partial charge in [-0.2, -0.15) is 0 Å². The van der Waals surface area contributed by atoms with Crippen LogP contribution in [0.2, 0.25) is 0 Å². The molecule has 0 aliphatic heterocycles. The van der Waals surface area contributed by atoms with Gasteiger partial charge in [-0.3, -0.25) is 4.79 Å². The van der Waals surface area contributed by atoms with Crippen LogP contribution in [0.15, 0.2) is 59.1 Å². The van der Waals surface area contributed by atoms with E-state index in [-0.39, 0.29) is 5.91 Å². The molecule has 0 saturated carbocycles. The van der Waals surface area contributed by atoms with E-state index in [1.54, 1.807) is 7.11 Å². The predicted octanol–water partition coefficient (Wildman–Crippen LogP) is 5.43. The average Bonchev–Trinajstić information content (AvgIpc) is 2.62. The van der Waals surface area contributed by atoms with Crippen LogP contribution in [-0.2, 0) is 6.42 Å². The van der Waals surface area contributed by atoms with Crippen LogP contribution in [0, 0.1) is 0 Å². The Hall–Kier alpha value is -2.33. The molecule has 0 bridgehead atoms. The van der Waals surface area contributed by atoms with Gasteiger partial charge >= 0.3 is 0 Å². The van der Waals surface area contributed by atoms with Crippen LogP contribution in [0.5, 0.6) is 5.75 Å². The molecule has 3 nitrogen and oxygen atoms in total. The number of halogens is 1. The number of nitrogens with one attached hydrogen (secondary N) is 1. The fourth-order valence-electron chi connectivity index (χ4n) is 2.79. The van der Waals surface area contributed by atoms with E-state index in [9.17, 15) is 4.79 Å². The summed E-state index contributed by atoms with van der Waals surface area (Å²) >= 11 is 3.57. The first-order chi connectivity index (χ1) is 11.7. The third kappa shape index (κ3) is 3.02. The van der Waals surface area contributed by atoms with Crippen molar-refractivity contribution in [2.45, 2.75) is 13.3 Å². The first kappa shape index (κ1) is 16.5. The monoisotopic (exact) mass is 383 g/mol. The van der Waals surface area contributed by atoms with Crippen molar-refractivity contribution in [1.82, 2.24) is 0 Å². The number of hydrogen-bond donors (Lipinski definition) is 1. The molecule has 4 heteroatoms. The lowest BCUT2D eigenvalue weighted by Crippen LogP contribution is -2.14. The number of para-hydroxylation sites is 1. The molecule has 0 heterocycles. The maximum Gasteiger partial charge on any atom is 0.259 e. The smallest absolute Gasteiger partial charge is 0.259 e. The standard InChI is InChI=1S/C20H18BrNO2/c1-3-13-8-5-7-11-17(13)22-20(23)16-12-14-9-4-6-10-15(14)18(21)19(16)24-2/h4-12H,3H2,1-2H3,(H,22,23). The molecule has 0 aromatic heterocycles. The number of carbonyl (C=O) groups is 1. The van der Waals surface area contributed by atoms with Crippen LogP contribution >= 0.6 is 15.9 Å². The molecule has 1 amide bonds. The molecular weight excluding hydrogens is 366 g/mol. The van der Waals surface area contributed by atoms with Crippen molar-refractivity contribution in [2.75, 3.05) is 12.4 Å². The van der Waals surface area contributed by atoms with Gasteiger partial charge in [-0.1, -0.05) is 49.4 Å². The van der Waals surface area contributed by atoms with Gasteiger partial charge in [-0.25, -0.2) is 0 Å². The third-order valence-corrected chi connectivity index (χ3v) is 4.82. The summed E-state index contributed by atoms with van der Waals surface area (Å²) in [5, 5.41) is 5.00. The van der Waals surface area contributed by atoms with Crippen LogP contribution in [0.25, 0.3) is 10.8 Å². The third-order valence-electron chi connectivity index (χ3n) is 4.04. The molecule has 3 rings (SSSR count). The maximum atomic E-state index is 12.8. The number of hydrogen-bond acceptors (Lipinski definition) is 2. The first-order valence-corrected chi connectivity index (χ1v) is 8.59. The van der Waals surface area contributed by atoms with E-state index in [1.807, 2.05) is 54.6 Å². The number of benzene rings is 3. The number of amides is 1. The number of methoxy groups -OCH3 is 1. The minimum Gasteiger partial charge on any atom is -0.495 e. The molecule has 0 spiro atoms. The zero-order chi connectivity index (χ0) is 17.1. The summed E-state index contributed by atoms with van der Waals surface area (Å²) in [4.78, 5) is 12.8. The number of carbonyl (C=O) groups excluding carboxylic acids is 1. The van der Waals surface area contributed by atoms with E-state index >= 15 is 0 Å². The molecule has 0 aliphatic rings. The van der Waals surface area contributed by atoms with E-state index in [2.05, 4.69) is 28.2 Å². The lowest BCUT2D eigenvalue weighted by atomic mass is 10.0. The number of rotatable bonds is 4. The van der Waals surface area contributed by atoms with Crippen molar-refractivity contribution in [3.8, 4) is 5.75 Å². The Balaban J connectivity index is 2.06. The zero-order valence-corrected chi connectivity index (χ0v) is 15.2. The van der Waals surface area contributed by atoms with Crippen LogP contribution in [0.3, 0.4) is 0 Å². The van der Waals surface area contributed by atoms with E-state index < -0.39 is 0 Å². The minimum absolute atomic E-state index is 0.181. The fourth-order valence-corrected chi connectivity index (χ4v) is 3.53. The Morgan fingerprint density at radius 1 is 1.12 bits per heavy atom. The SMILES string of the molecule is CCc1ccccc1NC(=O)c1cc2ccccc2c(Br)c1OC. The number of aryl methyl sites for hydroxylation is 1. The van der Waals surface area contributed by atoms with Gasteiger partial charge in [0.1, 0.15) is 5.75 Å². The highest BCUT2D eigenvalue weighted by molar-refractivity contribution is 9.10. The first-order valence-electron chi connectivity index (χ1n) is 7.80. The second kappa shape index (κ2) is 7.05. The quantitative estimate of drug-likeness (QED) is 0.652.